The summed E-state index contributed by atoms with van der Waals surface area (Å²) in [6.45, 7) is 1.76. The zero-order chi connectivity index (χ0) is 13.8. The van der Waals surface area contributed by atoms with Gasteiger partial charge in [0.2, 0.25) is 5.91 Å². The monoisotopic (exact) mass is 353 g/mol. The molecule has 0 aliphatic carbocycles. The number of benzene rings is 1. The van der Waals surface area contributed by atoms with Crippen LogP contribution in [0.15, 0.2) is 18.2 Å². The summed E-state index contributed by atoms with van der Waals surface area (Å²) in [4.78, 5) is 14.2. The van der Waals surface area contributed by atoms with Crippen molar-refractivity contribution >= 4 is 53.7 Å². The second-order valence-corrected chi connectivity index (χ2v) is 5.47. The standard InChI is InChI=1S/C14H20ClN3O.2ClH/c1-18(2)13-11(15)6-3-7-12(13)17-14(19)10-5-4-8-16-9-10;;/h3,6-7,10,16H,4-5,8-9H2,1-2H3,(H,17,19);2*1H. The zero-order valence-corrected chi connectivity index (χ0v) is 14.6. The second-order valence-electron chi connectivity index (χ2n) is 5.06. The van der Waals surface area contributed by atoms with Gasteiger partial charge in [0.15, 0.2) is 0 Å². The van der Waals surface area contributed by atoms with Gasteiger partial charge in [-0.3, -0.25) is 4.79 Å². The van der Waals surface area contributed by atoms with Crippen molar-refractivity contribution in [2.45, 2.75) is 12.8 Å². The highest BCUT2D eigenvalue weighted by atomic mass is 35.5. The zero-order valence-electron chi connectivity index (χ0n) is 12.2. The Morgan fingerprint density at radius 3 is 2.67 bits per heavy atom. The molecular formula is C14H22Cl3N3O. The molecule has 1 aromatic rings. The number of hydrogen-bond acceptors (Lipinski definition) is 3. The summed E-state index contributed by atoms with van der Waals surface area (Å²) in [6.07, 6.45) is 1.99. The first kappa shape index (κ1) is 20.3. The predicted molar refractivity (Wildman–Crippen MR) is 94.5 cm³/mol. The molecule has 1 unspecified atom stereocenters. The number of piperidine rings is 1. The number of amides is 1. The van der Waals surface area contributed by atoms with Crippen LogP contribution in [0.5, 0.6) is 0 Å². The van der Waals surface area contributed by atoms with E-state index in [1.807, 2.05) is 37.2 Å². The maximum Gasteiger partial charge on any atom is 0.228 e. The van der Waals surface area contributed by atoms with Crippen LogP contribution < -0.4 is 15.5 Å². The summed E-state index contributed by atoms with van der Waals surface area (Å²) in [5.74, 6) is 0.111. The molecule has 1 aliphatic heterocycles. The van der Waals surface area contributed by atoms with Crippen molar-refractivity contribution in [1.29, 1.82) is 0 Å². The van der Waals surface area contributed by atoms with E-state index in [1.54, 1.807) is 0 Å². The number of carbonyl (C=O) groups is 1. The summed E-state index contributed by atoms with van der Waals surface area (Å²) in [7, 11) is 3.83. The van der Waals surface area contributed by atoms with Crippen molar-refractivity contribution in [3.63, 3.8) is 0 Å². The Morgan fingerprint density at radius 2 is 2.10 bits per heavy atom. The van der Waals surface area contributed by atoms with Crippen LogP contribution in [-0.4, -0.2) is 33.1 Å². The molecule has 1 heterocycles. The molecule has 1 atom stereocenters. The SMILES string of the molecule is CN(C)c1c(Cl)cccc1NC(=O)C1CCCNC1.Cl.Cl. The number of hydrogen-bond donors (Lipinski definition) is 2. The summed E-state index contributed by atoms with van der Waals surface area (Å²) < 4.78 is 0. The van der Waals surface area contributed by atoms with E-state index in [1.165, 1.54) is 0 Å². The third kappa shape index (κ3) is 5.22. The maximum atomic E-state index is 12.2. The number of halogens is 3. The van der Waals surface area contributed by atoms with Gasteiger partial charge in [-0.2, -0.15) is 0 Å². The number of carbonyl (C=O) groups excluding carboxylic acids is 1. The largest absolute Gasteiger partial charge is 0.375 e. The van der Waals surface area contributed by atoms with Gasteiger partial charge in [0.05, 0.1) is 22.3 Å². The van der Waals surface area contributed by atoms with E-state index in [-0.39, 0.29) is 36.6 Å². The van der Waals surface area contributed by atoms with Crippen molar-refractivity contribution < 1.29 is 4.79 Å². The van der Waals surface area contributed by atoms with E-state index >= 15 is 0 Å². The smallest absolute Gasteiger partial charge is 0.228 e. The molecule has 4 nitrogen and oxygen atoms in total. The van der Waals surface area contributed by atoms with Gasteiger partial charge in [-0.15, -0.1) is 24.8 Å². The van der Waals surface area contributed by atoms with Crippen molar-refractivity contribution in [1.82, 2.24) is 5.32 Å². The minimum absolute atomic E-state index is 0. The molecule has 0 bridgehead atoms. The third-order valence-electron chi connectivity index (χ3n) is 3.36. The van der Waals surface area contributed by atoms with Gasteiger partial charge in [-0.25, -0.2) is 0 Å². The lowest BCUT2D eigenvalue weighted by Crippen LogP contribution is -2.37. The van der Waals surface area contributed by atoms with Crippen molar-refractivity contribution in [2.75, 3.05) is 37.4 Å². The molecule has 120 valence electrons. The van der Waals surface area contributed by atoms with Gasteiger partial charge in [-0.05, 0) is 31.5 Å². The van der Waals surface area contributed by atoms with E-state index in [0.29, 0.717) is 5.02 Å². The third-order valence-corrected chi connectivity index (χ3v) is 3.66. The van der Waals surface area contributed by atoms with Gasteiger partial charge in [0.25, 0.3) is 0 Å². The first-order valence-electron chi connectivity index (χ1n) is 6.57. The van der Waals surface area contributed by atoms with Crippen LogP contribution in [0, 0.1) is 5.92 Å². The topological polar surface area (TPSA) is 44.4 Å². The quantitative estimate of drug-likeness (QED) is 0.876. The van der Waals surface area contributed by atoms with Crippen LogP contribution in [0.25, 0.3) is 0 Å². The molecular weight excluding hydrogens is 333 g/mol. The van der Waals surface area contributed by atoms with Gasteiger partial charge in [0, 0.05) is 20.6 Å². The van der Waals surface area contributed by atoms with Crippen LogP contribution in [-0.2, 0) is 4.79 Å². The van der Waals surface area contributed by atoms with Crippen LogP contribution >= 0.6 is 36.4 Å². The van der Waals surface area contributed by atoms with Crippen molar-refractivity contribution in [2.24, 2.45) is 5.92 Å². The normalized spacial score (nSPS) is 17.2. The Hall–Kier alpha value is -0.680. The molecule has 1 amide bonds. The summed E-state index contributed by atoms with van der Waals surface area (Å²) in [5, 5.41) is 6.89. The van der Waals surface area contributed by atoms with Crippen LogP contribution in [0.3, 0.4) is 0 Å². The lowest BCUT2D eigenvalue weighted by Gasteiger charge is -2.24. The molecule has 2 N–H and O–H groups in total. The van der Waals surface area contributed by atoms with Gasteiger partial charge < -0.3 is 15.5 Å². The van der Waals surface area contributed by atoms with Crippen molar-refractivity contribution in [3.8, 4) is 0 Å². The van der Waals surface area contributed by atoms with Crippen molar-refractivity contribution in [3.05, 3.63) is 23.2 Å². The van der Waals surface area contributed by atoms with Gasteiger partial charge >= 0.3 is 0 Å². The second kappa shape index (κ2) is 9.36. The fourth-order valence-electron chi connectivity index (χ4n) is 2.38. The highest BCUT2D eigenvalue weighted by Crippen LogP contribution is 2.32. The van der Waals surface area contributed by atoms with E-state index in [0.717, 1.165) is 37.3 Å². The number of rotatable bonds is 3. The number of nitrogens with one attached hydrogen (secondary N) is 2. The Kier molecular flexibility index (Phi) is 9.06. The number of para-hydroxylation sites is 1. The van der Waals surface area contributed by atoms with Crippen LogP contribution in [0.2, 0.25) is 5.02 Å². The molecule has 0 saturated carbocycles. The average molecular weight is 355 g/mol. The predicted octanol–water partition coefficient (Wildman–Crippen LogP) is 3.19. The number of nitrogens with zero attached hydrogens (tertiary/aromatic N) is 1. The lowest BCUT2D eigenvalue weighted by molar-refractivity contribution is -0.120. The fourth-order valence-corrected chi connectivity index (χ4v) is 2.72. The maximum absolute atomic E-state index is 12.2. The molecule has 2 rings (SSSR count). The minimum atomic E-state index is 0. The Balaban J connectivity index is 0.00000200. The highest BCUT2D eigenvalue weighted by molar-refractivity contribution is 6.34. The summed E-state index contributed by atoms with van der Waals surface area (Å²) in [5.41, 5.74) is 1.62. The molecule has 1 aromatic carbocycles. The molecule has 1 aliphatic rings. The van der Waals surface area contributed by atoms with Crippen LogP contribution in [0.1, 0.15) is 12.8 Å². The molecule has 0 aromatic heterocycles. The molecule has 21 heavy (non-hydrogen) atoms. The summed E-state index contributed by atoms with van der Waals surface area (Å²) >= 11 is 6.19. The lowest BCUT2D eigenvalue weighted by atomic mass is 9.98. The average Bonchev–Trinajstić information content (AvgIpc) is 2.39. The fraction of sp³-hybridized carbons (Fsp3) is 0.500. The molecule has 0 spiro atoms. The Labute approximate surface area is 143 Å². The highest BCUT2D eigenvalue weighted by Gasteiger charge is 2.22. The Bertz CT molecular complexity index is 463. The molecule has 7 heteroatoms. The number of anilines is 2. The minimum Gasteiger partial charge on any atom is -0.375 e. The summed E-state index contributed by atoms with van der Waals surface area (Å²) in [6, 6.07) is 5.56. The van der Waals surface area contributed by atoms with Gasteiger partial charge in [0.1, 0.15) is 0 Å². The van der Waals surface area contributed by atoms with Crippen LogP contribution in [0.4, 0.5) is 11.4 Å². The van der Waals surface area contributed by atoms with E-state index < -0.39 is 0 Å². The Morgan fingerprint density at radius 1 is 1.38 bits per heavy atom. The van der Waals surface area contributed by atoms with Gasteiger partial charge in [-0.1, -0.05) is 17.7 Å². The first-order valence-corrected chi connectivity index (χ1v) is 6.95. The molecule has 0 radical (unpaired) electrons. The van der Waals surface area contributed by atoms with E-state index in [4.69, 9.17) is 11.6 Å². The molecule has 1 saturated heterocycles. The molecule has 1 fully saturated rings. The first-order chi connectivity index (χ1) is 9.09. The van der Waals surface area contributed by atoms with E-state index in [9.17, 15) is 4.79 Å². The van der Waals surface area contributed by atoms with E-state index in [2.05, 4.69) is 10.6 Å².